The summed E-state index contributed by atoms with van der Waals surface area (Å²) in [7, 11) is 1.64. The van der Waals surface area contributed by atoms with Crippen molar-refractivity contribution in [1.29, 1.82) is 0 Å². The number of nitrogens with zero attached hydrogens (tertiary/aromatic N) is 3. The maximum Gasteiger partial charge on any atom is 0.261 e. The third-order valence-electron chi connectivity index (χ3n) is 6.69. The Bertz CT molecular complexity index is 1250. The lowest BCUT2D eigenvalue weighted by molar-refractivity contribution is 0.0655. The summed E-state index contributed by atoms with van der Waals surface area (Å²) in [5.74, 6) is 0.0592. The molecule has 0 radical (unpaired) electrons. The molecule has 0 atom stereocenters. The lowest BCUT2D eigenvalue weighted by Gasteiger charge is -2.36. The molecule has 0 aromatic heterocycles. The number of carbonyl (C=O) groups excluding carboxylic acids is 3. The van der Waals surface area contributed by atoms with Crippen molar-refractivity contribution < 1.29 is 19.1 Å². The Morgan fingerprint density at radius 2 is 1.51 bits per heavy atom. The van der Waals surface area contributed by atoms with Crippen LogP contribution in [0.15, 0.2) is 72.8 Å². The van der Waals surface area contributed by atoms with Crippen molar-refractivity contribution >= 4 is 23.4 Å². The lowest BCUT2D eigenvalue weighted by atomic mass is 10.0. The average molecular weight is 470 g/mol. The SMILES string of the molecule is COc1ccc(N2CCN(C(=O)c3ccc4c(c3)C(=O)N(CCc3ccccc3)C4=O)CC2)cc1. The first kappa shape index (κ1) is 22.7. The molecular weight excluding hydrogens is 442 g/mol. The number of amides is 3. The molecular formula is C28H27N3O4. The van der Waals surface area contributed by atoms with Crippen molar-refractivity contribution in [2.75, 3.05) is 44.7 Å². The van der Waals surface area contributed by atoms with Crippen LogP contribution in [-0.4, -0.2) is 67.4 Å². The summed E-state index contributed by atoms with van der Waals surface area (Å²) < 4.78 is 5.22. The van der Waals surface area contributed by atoms with E-state index < -0.39 is 0 Å². The van der Waals surface area contributed by atoms with E-state index in [4.69, 9.17) is 4.74 Å². The number of ether oxygens (including phenoxy) is 1. The molecule has 0 aliphatic carbocycles. The predicted octanol–water partition coefficient (Wildman–Crippen LogP) is 3.50. The first-order valence-corrected chi connectivity index (χ1v) is 11.8. The molecule has 3 aromatic rings. The molecule has 178 valence electrons. The van der Waals surface area contributed by atoms with Gasteiger partial charge in [-0.05, 0) is 54.4 Å². The third-order valence-corrected chi connectivity index (χ3v) is 6.69. The Labute approximate surface area is 204 Å². The molecule has 3 amide bonds. The third kappa shape index (κ3) is 4.49. The number of imide groups is 1. The van der Waals surface area contributed by atoms with Gasteiger partial charge in [0, 0.05) is 44.0 Å². The number of piperazine rings is 1. The van der Waals surface area contributed by atoms with Gasteiger partial charge in [0.2, 0.25) is 0 Å². The van der Waals surface area contributed by atoms with Crippen molar-refractivity contribution in [3.8, 4) is 5.75 Å². The van der Waals surface area contributed by atoms with E-state index >= 15 is 0 Å². The van der Waals surface area contributed by atoms with Crippen LogP contribution in [-0.2, 0) is 6.42 Å². The molecule has 1 fully saturated rings. The van der Waals surface area contributed by atoms with Gasteiger partial charge in [0.15, 0.2) is 0 Å². The van der Waals surface area contributed by atoms with E-state index in [-0.39, 0.29) is 17.7 Å². The minimum Gasteiger partial charge on any atom is -0.497 e. The maximum atomic E-state index is 13.2. The summed E-state index contributed by atoms with van der Waals surface area (Å²) >= 11 is 0. The summed E-state index contributed by atoms with van der Waals surface area (Å²) in [6, 6.07) is 22.5. The molecule has 1 saturated heterocycles. The van der Waals surface area contributed by atoms with Crippen LogP contribution in [0.5, 0.6) is 5.75 Å². The molecule has 0 unspecified atom stereocenters. The van der Waals surface area contributed by atoms with Crippen molar-refractivity contribution in [1.82, 2.24) is 9.80 Å². The fraction of sp³-hybridized carbons (Fsp3) is 0.250. The predicted molar refractivity (Wildman–Crippen MR) is 133 cm³/mol. The van der Waals surface area contributed by atoms with Gasteiger partial charge >= 0.3 is 0 Å². The van der Waals surface area contributed by atoms with Gasteiger partial charge in [0.05, 0.1) is 18.2 Å². The average Bonchev–Trinajstić information content (AvgIpc) is 3.16. The number of fused-ring (bicyclic) bond motifs is 1. The van der Waals surface area contributed by atoms with E-state index in [0.29, 0.717) is 55.8 Å². The second kappa shape index (κ2) is 9.62. The Hall–Kier alpha value is -4.13. The summed E-state index contributed by atoms with van der Waals surface area (Å²) in [4.78, 5) is 44.3. The second-order valence-electron chi connectivity index (χ2n) is 8.74. The van der Waals surface area contributed by atoms with Crippen LogP contribution in [0, 0.1) is 0 Å². The first-order valence-electron chi connectivity index (χ1n) is 11.8. The summed E-state index contributed by atoms with van der Waals surface area (Å²) in [6.45, 7) is 2.91. The Balaban J connectivity index is 1.23. The lowest BCUT2D eigenvalue weighted by Crippen LogP contribution is -2.48. The summed E-state index contributed by atoms with van der Waals surface area (Å²) in [6.07, 6.45) is 0.594. The Kier molecular flexibility index (Phi) is 6.23. The zero-order chi connectivity index (χ0) is 24.4. The van der Waals surface area contributed by atoms with E-state index in [2.05, 4.69) is 4.90 Å². The molecule has 3 aromatic carbocycles. The molecule has 0 N–H and O–H groups in total. The van der Waals surface area contributed by atoms with Crippen LogP contribution in [0.4, 0.5) is 5.69 Å². The van der Waals surface area contributed by atoms with Gasteiger partial charge in [-0.15, -0.1) is 0 Å². The number of anilines is 1. The van der Waals surface area contributed by atoms with Gasteiger partial charge < -0.3 is 14.5 Å². The van der Waals surface area contributed by atoms with Crippen LogP contribution in [0.2, 0.25) is 0 Å². The van der Waals surface area contributed by atoms with Crippen molar-refractivity contribution in [2.24, 2.45) is 0 Å². The monoisotopic (exact) mass is 469 g/mol. The number of methoxy groups -OCH3 is 1. The van der Waals surface area contributed by atoms with E-state index in [0.717, 1.165) is 17.0 Å². The van der Waals surface area contributed by atoms with Crippen LogP contribution in [0.3, 0.4) is 0 Å². The quantitative estimate of drug-likeness (QED) is 0.517. The molecule has 5 rings (SSSR count). The summed E-state index contributed by atoms with van der Waals surface area (Å²) in [5, 5.41) is 0. The highest BCUT2D eigenvalue weighted by Gasteiger charge is 2.36. The molecule has 7 nitrogen and oxygen atoms in total. The van der Waals surface area contributed by atoms with Gasteiger partial charge in [0.25, 0.3) is 17.7 Å². The first-order chi connectivity index (χ1) is 17.0. The second-order valence-corrected chi connectivity index (χ2v) is 8.74. The highest BCUT2D eigenvalue weighted by atomic mass is 16.5. The smallest absolute Gasteiger partial charge is 0.261 e. The van der Waals surface area contributed by atoms with Gasteiger partial charge in [-0.25, -0.2) is 0 Å². The molecule has 0 saturated carbocycles. The van der Waals surface area contributed by atoms with Crippen molar-refractivity contribution in [3.63, 3.8) is 0 Å². The van der Waals surface area contributed by atoms with Crippen molar-refractivity contribution in [2.45, 2.75) is 6.42 Å². The normalized spacial score (nSPS) is 15.4. The fourth-order valence-electron chi connectivity index (χ4n) is 4.66. The molecule has 2 aliphatic rings. The number of benzene rings is 3. The van der Waals surface area contributed by atoms with Crippen molar-refractivity contribution in [3.05, 3.63) is 95.1 Å². The topological polar surface area (TPSA) is 70.2 Å². The van der Waals surface area contributed by atoms with Crippen LogP contribution < -0.4 is 9.64 Å². The molecule has 35 heavy (non-hydrogen) atoms. The van der Waals surface area contributed by atoms with Gasteiger partial charge in [-0.1, -0.05) is 30.3 Å². The Morgan fingerprint density at radius 3 is 2.20 bits per heavy atom. The number of rotatable bonds is 6. The number of carbonyl (C=O) groups is 3. The highest BCUT2D eigenvalue weighted by molar-refractivity contribution is 6.22. The minimum atomic E-state index is -0.333. The summed E-state index contributed by atoms with van der Waals surface area (Å²) in [5.41, 5.74) is 3.27. The molecule has 0 bridgehead atoms. The van der Waals surface area contributed by atoms with Gasteiger partial charge in [-0.3, -0.25) is 19.3 Å². The molecule has 2 heterocycles. The standard InChI is InChI=1S/C28H27N3O4/c1-35-23-10-8-22(9-11-23)29-15-17-30(18-16-29)26(32)21-7-12-24-25(19-21)28(34)31(27(24)33)14-13-20-5-3-2-4-6-20/h2-12,19H,13-18H2,1H3. The molecule has 0 spiro atoms. The van der Waals surface area contributed by atoms with E-state index in [1.54, 1.807) is 30.2 Å². The van der Waals surface area contributed by atoms with Gasteiger partial charge in [-0.2, -0.15) is 0 Å². The minimum absolute atomic E-state index is 0.120. The number of hydrogen-bond acceptors (Lipinski definition) is 5. The van der Waals surface area contributed by atoms with Crippen LogP contribution in [0.25, 0.3) is 0 Å². The van der Waals surface area contributed by atoms with E-state index in [9.17, 15) is 14.4 Å². The highest BCUT2D eigenvalue weighted by Crippen LogP contribution is 2.26. The molecule has 7 heteroatoms. The largest absolute Gasteiger partial charge is 0.497 e. The van der Waals surface area contributed by atoms with Crippen LogP contribution in [0.1, 0.15) is 36.6 Å². The fourth-order valence-corrected chi connectivity index (χ4v) is 4.66. The van der Waals surface area contributed by atoms with Gasteiger partial charge in [0.1, 0.15) is 5.75 Å². The van der Waals surface area contributed by atoms with Crippen LogP contribution >= 0.6 is 0 Å². The molecule has 2 aliphatic heterocycles. The zero-order valence-electron chi connectivity index (χ0n) is 19.6. The zero-order valence-corrected chi connectivity index (χ0v) is 19.6. The van der Waals surface area contributed by atoms with E-state index in [1.807, 2.05) is 54.6 Å². The van der Waals surface area contributed by atoms with E-state index in [1.165, 1.54) is 4.90 Å². The number of hydrogen-bond donors (Lipinski definition) is 0. The maximum absolute atomic E-state index is 13.2. The Morgan fingerprint density at radius 1 is 0.829 bits per heavy atom.